The van der Waals surface area contributed by atoms with E-state index in [-0.39, 0.29) is 28.8 Å². The van der Waals surface area contributed by atoms with Crippen molar-refractivity contribution in [3.8, 4) is 5.69 Å². The fourth-order valence-corrected chi connectivity index (χ4v) is 6.45. The molecule has 0 atom stereocenters. The van der Waals surface area contributed by atoms with Crippen LogP contribution in [0.25, 0.3) is 5.69 Å². The third kappa shape index (κ3) is 5.69. The Labute approximate surface area is 229 Å². The van der Waals surface area contributed by atoms with Gasteiger partial charge in [0.15, 0.2) is 0 Å². The van der Waals surface area contributed by atoms with Crippen molar-refractivity contribution in [1.29, 1.82) is 0 Å². The van der Waals surface area contributed by atoms with Crippen molar-refractivity contribution in [1.82, 2.24) is 14.1 Å². The Morgan fingerprint density at radius 3 is 2.46 bits per heavy atom. The Hall–Kier alpha value is -2.93. The smallest absolute Gasteiger partial charge is 0.379 e. The third-order valence-corrected chi connectivity index (χ3v) is 9.06. The van der Waals surface area contributed by atoms with Gasteiger partial charge in [0.1, 0.15) is 5.15 Å². The number of hydrogen-bond acceptors (Lipinski definition) is 6. The lowest BCUT2D eigenvalue weighted by Crippen LogP contribution is -2.40. The molecule has 0 amide bonds. The summed E-state index contributed by atoms with van der Waals surface area (Å²) in [4.78, 5) is 6.91. The molecule has 2 aromatic carbocycles. The van der Waals surface area contributed by atoms with Crippen LogP contribution in [0, 0.1) is 6.92 Å². The van der Waals surface area contributed by atoms with Crippen LogP contribution in [0.4, 0.5) is 24.5 Å². The molecule has 2 saturated heterocycles. The van der Waals surface area contributed by atoms with Gasteiger partial charge in [-0.15, -0.1) is 0 Å². The third-order valence-electron chi connectivity index (χ3n) is 6.80. The van der Waals surface area contributed by atoms with Gasteiger partial charge in [0.25, 0.3) is 0 Å². The second-order valence-electron chi connectivity index (χ2n) is 9.37. The average Bonchev–Trinajstić information content (AvgIpc) is 3.55. The van der Waals surface area contributed by atoms with Crippen LogP contribution in [0.15, 0.2) is 52.4 Å². The number of aromatic nitrogens is 2. The van der Waals surface area contributed by atoms with Crippen LogP contribution in [0.1, 0.15) is 29.7 Å². The van der Waals surface area contributed by atoms with Gasteiger partial charge in [-0.2, -0.15) is 22.6 Å². The lowest BCUT2D eigenvalue weighted by molar-refractivity contribution is -0.137. The maximum Gasteiger partial charge on any atom is 0.416 e. The molecule has 0 unspecified atom stereocenters. The van der Waals surface area contributed by atoms with E-state index in [0.29, 0.717) is 30.2 Å². The summed E-state index contributed by atoms with van der Waals surface area (Å²) >= 11 is 6.57. The summed E-state index contributed by atoms with van der Waals surface area (Å²) in [7, 11) is -3.75. The highest BCUT2D eigenvalue weighted by atomic mass is 35.5. The minimum Gasteiger partial charge on any atom is -0.379 e. The molecule has 2 aliphatic rings. The van der Waals surface area contributed by atoms with Gasteiger partial charge in [-0.25, -0.2) is 13.1 Å². The minimum absolute atomic E-state index is 0.0930. The number of benzene rings is 2. The molecule has 1 aromatic heterocycles. The molecule has 0 bridgehead atoms. The summed E-state index contributed by atoms with van der Waals surface area (Å²) in [6, 6.07) is 9.66. The standard InChI is InChI=1S/C26H27ClF3N5O3S/c1-18-22(25(27)35(32-18)20-6-4-5-19(15-20)26(28,29)30)17-31-23-16-21(7-8-24(23)33-9-2-3-10-33)39(36,37)34-11-13-38-14-12-34/h4-8,15-17H,2-3,9-14H2,1H3. The first-order valence-corrected chi connectivity index (χ1v) is 14.3. The molecule has 0 radical (unpaired) electrons. The summed E-state index contributed by atoms with van der Waals surface area (Å²) in [5.74, 6) is 0. The van der Waals surface area contributed by atoms with Gasteiger partial charge in [0.05, 0.1) is 52.0 Å². The number of rotatable bonds is 6. The molecule has 8 nitrogen and oxygen atoms in total. The number of aryl methyl sites for hydroxylation is 1. The average molecular weight is 582 g/mol. The molecule has 0 N–H and O–H groups in total. The highest BCUT2D eigenvalue weighted by molar-refractivity contribution is 7.89. The lowest BCUT2D eigenvalue weighted by atomic mass is 10.2. The number of morpholine rings is 1. The van der Waals surface area contributed by atoms with E-state index in [4.69, 9.17) is 16.3 Å². The fourth-order valence-electron chi connectivity index (χ4n) is 4.71. The van der Waals surface area contributed by atoms with E-state index in [9.17, 15) is 21.6 Å². The Kier molecular flexibility index (Phi) is 7.73. The number of halogens is 4. The van der Waals surface area contributed by atoms with Crippen LogP contribution in [0.5, 0.6) is 0 Å². The maximum atomic E-state index is 13.3. The summed E-state index contributed by atoms with van der Waals surface area (Å²) in [6.45, 7) is 4.55. The number of hydrogen-bond donors (Lipinski definition) is 0. The minimum atomic E-state index is -4.51. The molecule has 3 aromatic rings. The monoisotopic (exact) mass is 581 g/mol. The summed E-state index contributed by atoms with van der Waals surface area (Å²) in [6.07, 6.45) is -0.986. The number of nitrogens with zero attached hydrogens (tertiary/aromatic N) is 5. The van der Waals surface area contributed by atoms with E-state index in [1.54, 1.807) is 25.1 Å². The first-order valence-electron chi connectivity index (χ1n) is 12.5. The van der Waals surface area contributed by atoms with Gasteiger partial charge >= 0.3 is 6.18 Å². The lowest BCUT2D eigenvalue weighted by Gasteiger charge is -2.27. The van der Waals surface area contributed by atoms with Gasteiger partial charge in [0, 0.05) is 32.4 Å². The van der Waals surface area contributed by atoms with E-state index in [0.717, 1.165) is 43.8 Å². The van der Waals surface area contributed by atoms with Crippen molar-refractivity contribution in [2.75, 3.05) is 44.3 Å². The molecular weight excluding hydrogens is 555 g/mol. The van der Waals surface area contributed by atoms with Gasteiger partial charge in [0.2, 0.25) is 10.0 Å². The van der Waals surface area contributed by atoms with Crippen molar-refractivity contribution in [3.05, 3.63) is 64.4 Å². The first kappa shape index (κ1) is 27.6. The first-order chi connectivity index (χ1) is 18.6. The molecule has 2 aliphatic heterocycles. The van der Waals surface area contributed by atoms with Crippen LogP contribution in [0.3, 0.4) is 0 Å². The van der Waals surface area contributed by atoms with Gasteiger partial charge in [-0.05, 0) is 56.2 Å². The predicted octanol–water partition coefficient (Wildman–Crippen LogP) is 5.22. The normalized spacial score (nSPS) is 17.4. The molecule has 39 heavy (non-hydrogen) atoms. The van der Waals surface area contributed by atoms with E-state index in [2.05, 4.69) is 15.0 Å². The quantitative estimate of drug-likeness (QED) is 0.373. The zero-order chi connectivity index (χ0) is 27.8. The Balaban J connectivity index is 1.52. The van der Waals surface area contributed by atoms with Gasteiger partial charge < -0.3 is 9.64 Å². The fraction of sp³-hybridized carbons (Fsp3) is 0.385. The Morgan fingerprint density at radius 2 is 1.77 bits per heavy atom. The van der Waals surface area contributed by atoms with Crippen LogP contribution in [0.2, 0.25) is 5.15 Å². The van der Waals surface area contributed by atoms with Gasteiger partial charge in [-0.3, -0.25) is 4.99 Å². The highest BCUT2D eigenvalue weighted by Gasteiger charge is 2.31. The summed E-state index contributed by atoms with van der Waals surface area (Å²) < 4.78 is 74.2. The topological polar surface area (TPSA) is 80.0 Å². The molecule has 208 valence electrons. The zero-order valence-electron chi connectivity index (χ0n) is 21.2. The number of aliphatic imine (C=N–C) groups is 1. The van der Waals surface area contributed by atoms with Crippen molar-refractivity contribution in [3.63, 3.8) is 0 Å². The molecule has 0 saturated carbocycles. The highest BCUT2D eigenvalue weighted by Crippen LogP contribution is 2.35. The van der Waals surface area contributed by atoms with Crippen LogP contribution >= 0.6 is 11.6 Å². The number of sulfonamides is 1. The van der Waals surface area contributed by atoms with Crippen LogP contribution in [-0.4, -0.2) is 68.1 Å². The molecule has 2 fully saturated rings. The molecule has 3 heterocycles. The van der Waals surface area contributed by atoms with E-state index >= 15 is 0 Å². The SMILES string of the molecule is Cc1nn(-c2cccc(C(F)(F)F)c2)c(Cl)c1C=Nc1cc(S(=O)(=O)N2CCOCC2)ccc1N1CCCC1. The van der Waals surface area contributed by atoms with Crippen molar-refractivity contribution >= 4 is 39.2 Å². The van der Waals surface area contributed by atoms with Crippen molar-refractivity contribution in [2.45, 2.75) is 30.8 Å². The second-order valence-corrected chi connectivity index (χ2v) is 11.7. The van der Waals surface area contributed by atoms with Crippen LogP contribution in [-0.2, 0) is 20.9 Å². The number of ether oxygens (including phenoxy) is 1. The van der Waals surface area contributed by atoms with Crippen molar-refractivity contribution in [2.24, 2.45) is 4.99 Å². The van der Waals surface area contributed by atoms with Crippen LogP contribution < -0.4 is 4.90 Å². The van der Waals surface area contributed by atoms with E-state index in [1.165, 1.54) is 27.3 Å². The van der Waals surface area contributed by atoms with Gasteiger partial charge in [-0.1, -0.05) is 17.7 Å². The number of alkyl halides is 3. The molecule has 0 spiro atoms. The molecular formula is C26H27ClF3N5O3S. The summed E-state index contributed by atoms with van der Waals surface area (Å²) in [5, 5.41) is 4.43. The van der Waals surface area contributed by atoms with E-state index < -0.39 is 21.8 Å². The second kappa shape index (κ2) is 10.9. The largest absolute Gasteiger partial charge is 0.416 e. The maximum absolute atomic E-state index is 13.3. The summed E-state index contributed by atoms with van der Waals surface area (Å²) in [5.41, 5.74) is 1.48. The zero-order valence-corrected chi connectivity index (χ0v) is 22.7. The molecule has 13 heteroatoms. The molecule has 0 aliphatic carbocycles. The molecule has 5 rings (SSSR count). The van der Waals surface area contributed by atoms with Crippen molar-refractivity contribution < 1.29 is 26.3 Å². The predicted molar refractivity (Wildman–Crippen MR) is 143 cm³/mol. The number of anilines is 1. The van der Waals surface area contributed by atoms with E-state index in [1.807, 2.05) is 0 Å². The Morgan fingerprint density at radius 1 is 1.05 bits per heavy atom. The Bertz CT molecular complexity index is 1490.